The third kappa shape index (κ3) is 9.89. The summed E-state index contributed by atoms with van der Waals surface area (Å²) < 4.78 is 106. The van der Waals surface area contributed by atoms with Gasteiger partial charge in [-0.1, -0.05) is 43.0 Å². The number of ether oxygens (including phenoxy) is 2. The fourth-order valence-electron chi connectivity index (χ4n) is 3.47. The Kier molecular flexibility index (Phi) is 10.9. The first-order valence-electron chi connectivity index (χ1n) is 12.0. The third-order valence-electron chi connectivity index (χ3n) is 5.27. The molecule has 41 heavy (non-hydrogen) atoms. The number of hydrogen-bond donors (Lipinski definition) is 1. The van der Waals surface area contributed by atoms with Gasteiger partial charge in [-0.15, -0.1) is 0 Å². The zero-order valence-corrected chi connectivity index (χ0v) is 22.5. The van der Waals surface area contributed by atoms with Crippen LogP contribution in [0.1, 0.15) is 18.1 Å². The maximum Gasteiger partial charge on any atom is 0.416 e. The van der Waals surface area contributed by atoms with E-state index in [0.29, 0.717) is 11.9 Å². The Labute approximate surface area is 236 Å². The highest BCUT2D eigenvalue weighted by molar-refractivity contribution is 8.00. The van der Waals surface area contributed by atoms with Crippen LogP contribution in [0.25, 0.3) is 11.1 Å². The van der Waals surface area contributed by atoms with Gasteiger partial charge in [0, 0.05) is 17.3 Å². The van der Waals surface area contributed by atoms with E-state index in [9.17, 15) is 30.7 Å². The number of alkyl halides is 6. The summed E-state index contributed by atoms with van der Waals surface area (Å²) in [6.45, 7) is 5.25. The Morgan fingerprint density at radius 1 is 1.05 bits per heavy atom. The Balaban J connectivity index is 1.86. The lowest BCUT2D eigenvalue weighted by atomic mass is 10.1. The Morgan fingerprint density at radius 2 is 1.83 bits per heavy atom. The molecular weight excluding hydrogens is 573 g/mol. The largest absolute Gasteiger partial charge is 0.489 e. The van der Waals surface area contributed by atoms with Crippen molar-refractivity contribution >= 4 is 17.6 Å². The summed E-state index contributed by atoms with van der Waals surface area (Å²) in [5.74, 6) is -1.74. The maximum absolute atomic E-state index is 14.8. The van der Waals surface area contributed by atoms with Gasteiger partial charge in [0.05, 0.1) is 5.56 Å². The molecule has 0 saturated carbocycles. The third-order valence-corrected chi connectivity index (χ3v) is 6.10. The molecule has 0 bridgehead atoms. The number of halogens is 7. The van der Waals surface area contributed by atoms with E-state index in [2.05, 4.69) is 16.3 Å². The zero-order valence-electron chi connectivity index (χ0n) is 21.7. The van der Waals surface area contributed by atoms with Crippen molar-refractivity contribution in [1.29, 1.82) is 0 Å². The van der Waals surface area contributed by atoms with Gasteiger partial charge in [-0.3, -0.25) is 0 Å². The van der Waals surface area contributed by atoms with Gasteiger partial charge < -0.3 is 14.2 Å². The molecule has 0 radical (unpaired) electrons. The van der Waals surface area contributed by atoms with Crippen LogP contribution in [0.5, 0.6) is 11.6 Å². The molecule has 0 aliphatic heterocycles. The molecule has 0 amide bonds. The van der Waals surface area contributed by atoms with Gasteiger partial charge in [0.25, 0.3) is 0 Å². The van der Waals surface area contributed by atoms with Crippen LogP contribution in [0.4, 0.5) is 36.4 Å². The molecule has 3 rings (SSSR count). The van der Waals surface area contributed by atoms with Crippen LogP contribution in [0.2, 0.25) is 0 Å². The predicted molar refractivity (Wildman–Crippen MR) is 146 cm³/mol. The van der Waals surface area contributed by atoms with Gasteiger partial charge in [-0.25, -0.2) is 9.37 Å². The molecule has 3 aromatic rings. The number of benzene rings is 2. The first-order valence-corrected chi connectivity index (χ1v) is 13.0. The second-order valence-electron chi connectivity index (χ2n) is 8.48. The summed E-state index contributed by atoms with van der Waals surface area (Å²) in [6, 6.07) is 9.74. The van der Waals surface area contributed by atoms with E-state index in [0.717, 1.165) is 23.8 Å². The van der Waals surface area contributed by atoms with Gasteiger partial charge in [-0.05, 0) is 66.4 Å². The molecule has 0 saturated heterocycles. The Morgan fingerprint density at radius 3 is 2.51 bits per heavy atom. The Bertz CT molecular complexity index is 1400. The van der Waals surface area contributed by atoms with Gasteiger partial charge in [0.1, 0.15) is 36.2 Å². The van der Waals surface area contributed by atoms with Crippen molar-refractivity contribution in [1.82, 2.24) is 4.98 Å². The number of aromatic nitrogens is 1. The van der Waals surface area contributed by atoms with Crippen LogP contribution in [0.3, 0.4) is 0 Å². The lowest BCUT2D eigenvalue weighted by Gasteiger charge is -2.15. The van der Waals surface area contributed by atoms with Crippen molar-refractivity contribution in [2.75, 3.05) is 17.1 Å². The van der Waals surface area contributed by atoms with Crippen LogP contribution in [-0.4, -0.2) is 23.5 Å². The van der Waals surface area contributed by atoms with E-state index in [1.54, 1.807) is 31.2 Å². The molecule has 1 aromatic heterocycles. The predicted octanol–water partition coefficient (Wildman–Crippen LogP) is 9.18. The summed E-state index contributed by atoms with van der Waals surface area (Å²) in [5, 5.41) is 0. The number of rotatable bonds is 12. The number of anilines is 1. The minimum Gasteiger partial charge on any atom is -0.489 e. The van der Waals surface area contributed by atoms with Crippen molar-refractivity contribution in [3.8, 4) is 22.8 Å². The molecule has 4 nitrogen and oxygen atoms in total. The number of nitrogens with one attached hydrogen (secondary N) is 1. The standard InChI is InChI=1S/C29H25F7N2O2S/c1-3-6-19(7-4-2)16-40-27-26(38-41-18-28(31,32)33)13-21(15-37-27)24-14-23(10-11-25(24)30)39-17-20-8-5-9-22(12-20)29(34,35)36/h3-15,38H,1,16-18H2,2H3/b7-4-,19-6+. The van der Waals surface area contributed by atoms with E-state index in [4.69, 9.17) is 9.47 Å². The van der Waals surface area contributed by atoms with Crippen molar-refractivity contribution in [2.24, 2.45) is 0 Å². The zero-order chi connectivity index (χ0) is 30.0. The summed E-state index contributed by atoms with van der Waals surface area (Å²) in [6.07, 6.45) is -0.871. The average molecular weight is 599 g/mol. The number of pyridine rings is 1. The maximum atomic E-state index is 14.8. The van der Waals surface area contributed by atoms with Crippen LogP contribution >= 0.6 is 11.9 Å². The number of nitrogens with zero attached hydrogens (tertiary/aromatic N) is 1. The number of hydrogen-bond acceptors (Lipinski definition) is 5. The molecule has 0 unspecified atom stereocenters. The van der Waals surface area contributed by atoms with Crippen molar-refractivity contribution < 1.29 is 40.2 Å². The lowest BCUT2D eigenvalue weighted by Crippen LogP contribution is -2.12. The minimum absolute atomic E-state index is 0.00984. The molecular formula is C29H25F7N2O2S. The van der Waals surface area contributed by atoms with Crippen LogP contribution in [0, 0.1) is 5.82 Å². The first-order chi connectivity index (χ1) is 19.4. The SMILES string of the molecule is C=C/C=C(\C=C/C)COc1ncc(-c2cc(OCc3cccc(C(F)(F)F)c3)ccc2F)cc1NSCC(F)(F)F. The molecule has 218 valence electrons. The number of allylic oxidation sites excluding steroid dienone is 3. The Hall–Kier alpha value is -3.93. The van der Waals surface area contributed by atoms with E-state index in [-0.39, 0.29) is 47.2 Å². The summed E-state index contributed by atoms with van der Waals surface area (Å²) in [5.41, 5.74) is 0.432. The highest BCUT2D eigenvalue weighted by Crippen LogP contribution is 2.35. The molecule has 0 atom stereocenters. The van der Waals surface area contributed by atoms with E-state index in [1.807, 2.05) is 0 Å². The van der Waals surface area contributed by atoms with Gasteiger partial charge in [0.2, 0.25) is 5.88 Å². The fraction of sp³-hybridized carbons (Fsp3) is 0.207. The van der Waals surface area contributed by atoms with Crippen molar-refractivity contribution in [3.63, 3.8) is 0 Å². The molecule has 12 heteroatoms. The monoisotopic (exact) mass is 598 g/mol. The molecule has 0 aliphatic rings. The lowest BCUT2D eigenvalue weighted by molar-refractivity contribution is -0.137. The molecule has 0 fully saturated rings. The first kappa shape index (κ1) is 31.6. The van der Waals surface area contributed by atoms with Gasteiger partial charge in [-0.2, -0.15) is 26.3 Å². The van der Waals surface area contributed by atoms with Gasteiger partial charge in [0.15, 0.2) is 0 Å². The second-order valence-corrected chi connectivity index (χ2v) is 9.26. The highest BCUT2D eigenvalue weighted by atomic mass is 32.2. The summed E-state index contributed by atoms with van der Waals surface area (Å²) >= 11 is 0.364. The normalized spacial score (nSPS) is 12.4. The molecule has 1 heterocycles. The topological polar surface area (TPSA) is 43.4 Å². The highest BCUT2D eigenvalue weighted by Gasteiger charge is 2.30. The summed E-state index contributed by atoms with van der Waals surface area (Å²) in [4.78, 5) is 4.19. The fourth-order valence-corrected chi connectivity index (χ4v) is 4.01. The van der Waals surface area contributed by atoms with Crippen molar-refractivity contribution in [2.45, 2.75) is 25.9 Å². The molecule has 2 aromatic carbocycles. The average Bonchev–Trinajstić information content (AvgIpc) is 2.91. The quantitative estimate of drug-likeness (QED) is 0.128. The summed E-state index contributed by atoms with van der Waals surface area (Å²) in [7, 11) is 0. The van der Waals surface area contributed by atoms with Gasteiger partial charge >= 0.3 is 12.4 Å². The van der Waals surface area contributed by atoms with E-state index < -0.39 is 29.5 Å². The molecule has 0 spiro atoms. The smallest absolute Gasteiger partial charge is 0.416 e. The minimum atomic E-state index is -4.51. The molecule has 1 N–H and O–H groups in total. The van der Waals surface area contributed by atoms with E-state index >= 15 is 0 Å². The van der Waals surface area contributed by atoms with Crippen LogP contribution < -0.4 is 14.2 Å². The van der Waals surface area contributed by atoms with Crippen molar-refractivity contribution in [3.05, 3.63) is 108 Å². The van der Waals surface area contributed by atoms with Crippen LogP contribution in [-0.2, 0) is 12.8 Å². The van der Waals surface area contributed by atoms with Crippen LogP contribution in [0.15, 0.2) is 91.2 Å². The second kappa shape index (κ2) is 14.1. The molecule has 0 aliphatic carbocycles. The van der Waals surface area contributed by atoms with E-state index in [1.165, 1.54) is 36.5 Å².